The van der Waals surface area contributed by atoms with E-state index in [1.54, 1.807) is 13.0 Å². The fraction of sp³-hybridized carbons (Fsp3) is 0.533. The highest BCUT2D eigenvalue weighted by molar-refractivity contribution is 5.70. The van der Waals surface area contributed by atoms with Gasteiger partial charge < -0.3 is 14.9 Å². The molecule has 1 saturated heterocycles. The molecule has 0 saturated carbocycles. The van der Waals surface area contributed by atoms with Gasteiger partial charge in [0, 0.05) is 25.2 Å². The smallest absolute Gasteiger partial charge is 0.306 e. The van der Waals surface area contributed by atoms with Crippen molar-refractivity contribution in [2.75, 3.05) is 19.7 Å². The van der Waals surface area contributed by atoms with E-state index in [2.05, 4.69) is 4.90 Å². The van der Waals surface area contributed by atoms with Gasteiger partial charge in [0.15, 0.2) is 11.5 Å². The average Bonchev–Trinajstić information content (AvgIpc) is 2.36. The maximum Gasteiger partial charge on any atom is 0.306 e. The molecule has 2 rings (SSSR count). The fourth-order valence-corrected chi connectivity index (χ4v) is 2.47. The van der Waals surface area contributed by atoms with Crippen LogP contribution >= 0.6 is 0 Å². The second-order valence-corrected chi connectivity index (χ2v) is 5.28. The number of hydrogen-bond donors (Lipinski definition) is 2. The van der Waals surface area contributed by atoms with Crippen LogP contribution in [-0.2, 0) is 11.3 Å². The normalized spacial score (nSPS) is 17.5. The number of nitrogens with zero attached hydrogens (tertiary/aromatic N) is 1. The molecule has 1 atom stereocenters. The highest BCUT2D eigenvalue weighted by atomic mass is 16.5. The van der Waals surface area contributed by atoms with Gasteiger partial charge in [-0.2, -0.15) is 0 Å². The second-order valence-electron chi connectivity index (χ2n) is 5.28. The van der Waals surface area contributed by atoms with Crippen LogP contribution in [0.15, 0.2) is 18.2 Å². The van der Waals surface area contributed by atoms with Crippen molar-refractivity contribution >= 4 is 5.97 Å². The number of para-hydroxylation sites is 1. The summed E-state index contributed by atoms with van der Waals surface area (Å²) in [6.07, 6.45) is 0. The molecule has 5 nitrogen and oxygen atoms in total. The van der Waals surface area contributed by atoms with Crippen LogP contribution in [-0.4, -0.2) is 40.8 Å². The number of phenols is 1. The van der Waals surface area contributed by atoms with Gasteiger partial charge in [0.2, 0.25) is 0 Å². The van der Waals surface area contributed by atoms with E-state index in [0.717, 1.165) is 18.7 Å². The third kappa shape index (κ3) is 3.04. The maximum absolute atomic E-state index is 10.9. The third-order valence-electron chi connectivity index (χ3n) is 3.86. The van der Waals surface area contributed by atoms with Crippen molar-refractivity contribution in [3.63, 3.8) is 0 Å². The van der Waals surface area contributed by atoms with E-state index < -0.39 is 5.97 Å². The molecule has 1 unspecified atom stereocenters. The Balaban J connectivity index is 1.93. The Hall–Kier alpha value is -1.75. The fourth-order valence-electron chi connectivity index (χ4n) is 2.47. The lowest BCUT2D eigenvalue weighted by molar-refractivity contribution is -0.145. The number of aliphatic carboxylic acids is 1. The number of carbonyl (C=O) groups is 1. The summed E-state index contributed by atoms with van der Waals surface area (Å²) in [5, 5.41) is 19.1. The minimum atomic E-state index is -0.740. The Morgan fingerprint density at radius 3 is 2.80 bits per heavy atom. The van der Waals surface area contributed by atoms with E-state index in [1.165, 1.54) is 0 Å². The number of ether oxygens (including phenoxy) is 1. The van der Waals surface area contributed by atoms with Gasteiger partial charge in [0.25, 0.3) is 0 Å². The summed E-state index contributed by atoms with van der Waals surface area (Å²) in [6, 6.07) is 5.47. The SMILES string of the molecule is CCOc1cccc(CN2CC(C(C)C(=O)O)C2)c1O. The van der Waals surface area contributed by atoms with Gasteiger partial charge in [0.1, 0.15) is 0 Å². The lowest BCUT2D eigenvalue weighted by Crippen LogP contribution is -2.50. The summed E-state index contributed by atoms with van der Waals surface area (Å²) < 4.78 is 5.36. The van der Waals surface area contributed by atoms with Gasteiger partial charge in [-0.05, 0) is 18.9 Å². The molecule has 0 aliphatic carbocycles. The quantitative estimate of drug-likeness (QED) is 0.833. The summed E-state index contributed by atoms with van der Waals surface area (Å²) >= 11 is 0. The lowest BCUT2D eigenvalue weighted by Gasteiger charge is -2.41. The van der Waals surface area contributed by atoms with E-state index in [9.17, 15) is 9.90 Å². The van der Waals surface area contributed by atoms with Crippen LogP contribution < -0.4 is 4.74 Å². The molecule has 0 radical (unpaired) electrons. The molecular formula is C15H21NO4. The molecule has 20 heavy (non-hydrogen) atoms. The van der Waals surface area contributed by atoms with Crippen LogP contribution in [0.3, 0.4) is 0 Å². The lowest BCUT2D eigenvalue weighted by atomic mass is 9.87. The molecule has 110 valence electrons. The van der Waals surface area contributed by atoms with Crippen LogP contribution in [0.2, 0.25) is 0 Å². The van der Waals surface area contributed by atoms with Gasteiger partial charge in [-0.1, -0.05) is 19.1 Å². The van der Waals surface area contributed by atoms with Crippen molar-refractivity contribution in [3.05, 3.63) is 23.8 Å². The monoisotopic (exact) mass is 279 g/mol. The van der Waals surface area contributed by atoms with Gasteiger partial charge in [-0.3, -0.25) is 9.69 Å². The zero-order valence-corrected chi connectivity index (χ0v) is 11.9. The molecule has 0 amide bonds. The summed E-state index contributed by atoms with van der Waals surface area (Å²) in [6.45, 7) is 6.27. The van der Waals surface area contributed by atoms with E-state index in [-0.39, 0.29) is 17.6 Å². The average molecular weight is 279 g/mol. The van der Waals surface area contributed by atoms with Crippen LogP contribution in [0.25, 0.3) is 0 Å². The summed E-state index contributed by atoms with van der Waals surface area (Å²) in [4.78, 5) is 13.0. The Kier molecular flexibility index (Phi) is 4.49. The molecule has 1 fully saturated rings. The Labute approximate surface area is 118 Å². The molecule has 1 aromatic carbocycles. The van der Waals surface area contributed by atoms with Crippen molar-refractivity contribution in [2.45, 2.75) is 20.4 Å². The molecule has 1 heterocycles. The number of carboxylic acids is 1. The molecule has 2 N–H and O–H groups in total. The first-order chi connectivity index (χ1) is 9.52. The summed E-state index contributed by atoms with van der Waals surface area (Å²) in [5.41, 5.74) is 0.817. The van der Waals surface area contributed by atoms with Crippen LogP contribution in [0.1, 0.15) is 19.4 Å². The Morgan fingerprint density at radius 1 is 1.50 bits per heavy atom. The first kappa shape index (κ1) is 14.7. The van der Waals surface area contributed by atoms with E-state index in [0.29, 0.717) is 18.9 Å². The Morgan fingerprint density at radius 2 is 2.20 bits per heavy atom. The predicted octanol–water partition coefficient (Wildman–Crippen LogP) is 1.94. The molecule has 0 bridgehead atoms. The largest absolute Gasteiger partial charge is 0.504 e. The molecule has 1 aliphatic heterocycles. The zero-order valence-electron chi connectivity index (χ0n) is 11.9. The number of rotatable bonds is 6. The molecule has 0 aromatic heterocycles. The van der Waals surface area contributed by atoms with Crippen LogP contribution in [0.5, 0.6) is 11.5 Å². The number of carboxylic acid groups (broad SMARTS) is 1. The van der Waals surface area contributed by atoms with Crippen LogP contribution in [0.4, 0.5) is 0 Å². The van der Waals surface area contributed by atoms with Gasteiger partial charge in [-0.15, -0.1) is 0 Å². The molecule has 0 spiro atoms. The van der Waals surface area contributed by atoms with E-state index in [1.807, 2.05) is 19.1 Å². The third-order valence-corrected chi connectivity index (χ3v) is 3.86. The minimum absolute atomic E-state index is 0.184. The first-order valence-electron chi connectivity index (χ1n) is 6.91. The molecule has 5 heteroatoms. The predicted molar refractivity (Wildman–Crippen MR) is 74.8 cm³/mol. The van der Waals surface area contributed by atoms with Crippen LogP contribution in [0, 0.1) is 11.8 Å². The van der Waals surface area contributed by atoms with Gasteiger partial charge in [-0.25, -0.2) is 0 Å². The van der Waals surface area contributed by atoms with E-state index in [4.69, 9.17) is 9.84 Å². The number of aromatic hydroxyl groups is 1. The van der Waals surface area contributed by atoms with Crippen molar-refractivity contribution in [2.24, 2.45) is 11.8 Å². The van der Waals surface area contributed by atoms with Gasteiger partial charge >= 0.3 is 5.97 Å². The first-order valence-corrected chi connectivity index (χ1v) is 6.91. The van der Waals surface area contributed by atoms with E-state index >= 15 is 0 Å². The topological polar surface area (TPSA) is 70.0 Å². The molecular weight excluding hydrogens is 258 g/mol. The highest BCUT2D eigenvalue weighted by Crippen LogP contribution is 2.33. The zero-order chi connectivity index (χ0) is 14.7. The van der Waals surface area contributed by atoms with Gasteiger partial charge in [0.05, 0.1) is 12.5 Å². The Bertz CT molecular complexity index is 483. The van der Waals surface area contributed by atoms with Crippen molar-refractivity contribution in [1.82, 2.24) is 4.90 Å². The highest BCUT2D eigenvalue weighted by Gasteiger charge is 2.34. The number of hydrogen-bond acceptors (Lipinski definition) is 4. The minimum Gasteiger partial charge on any atom is -0.504 e. The standard InChI is InChI=1S/C15H21NO4/c1-3-20-13-6-4-5-11(14(13)17)7-16-8-12(9-16)10(2)15(18)19/h4-6,10,12,17H,3,7-9H2,1-2H3,(H,18,19). The van der Waals surface area contributed by atoms with Crippen molar-refractivity contribution in [3.8, 4) is 11.5 Å². The number of likely N-dealkylation sites (tertiary alicyclic amines) is 1. The summed E-state index contributed by atoms with van der Waals surface area (Å²) in [5.74, 6) is -0.166. The van der Waals surface area contributed by atoms with Crippen molar-refractivity contribution < 1.29 is 19.7 Å². The molecule has 1 aromatic rings. The number of benzene rings is 1. The van der Waals surface area contributed by atoms with Crippen molar-refractivity contribution in [1.29, 1.82) is 0 Å². The summed E-state index contributed by atoms with van der Waals surface area (Å²) in [7, 11) is 0. The second kappa shape index (κ2) is 6.13. The maximum atomic E-state index is 10.9. The number of phenolic OH excluding ortho intramolecular Hbond substituents is 1. The molecule has 1 aliphatic rings.